The van der Waals surface area contributed by atoms with Crippen LogP contribution in [0.4, 0.5) is 5.95 Å². The molecule has 7 heteroatoms. The van der Waals surface area contributed by atoms with E-state index in [4.69, 9.17) is 11.6 Å². The molecular weight excluding hydrogens is 194 g/mol. The number of hydrogen-bond acceptors (Lipinski definition) is 4. The SMILES string of the molecule is O=CNc1nnc2c(Cl)nccn12. The van der Waals surface area contributed by atoms with Gasteiger partial charge in [-0.25, -0.2) is 4.98 Å². The van der Waals surface area contributed by atoms with Crippen molar-refractivity contribution in [2.24, 2.45) is 0 Å². The van der Waals surface area contributed by atoms with E-state index in [2.05, 4.69) is 20.5 Å². The molecule has 2 rings (SSSR count). The van der Waals surface area contributed by atoms with Gasteiger partial charge < -0.3 is 0 Å². The van der Waals surface area contributed by atoms with Crippen LogP contribution < -0.4 is 5.32 Å². The lowest BCUT2D eigenvalue weighted by Crippen LogP contribution is -1.99. The summed E-state index contributed by atoms with van der Waals surface area (Å²) < 4.78 is 1.53. The Hall–Kier alpha value is -1.69. The number of fused-ring (bicyclic) bond motifs is 1. The average molecular weight is 198 g/mol. The second kappa shape index (κ2) is 2.98. The van der Waals surface area contributed by atoms with Crippen LogP contribution in [0.15, 0.2) is 12.4 Å². The Morgan fingerprint density at radius 1 is 1.54 bits per heavy atom. The average Bonchev–Trinajstić information content (AvgIpc) is 2.51. The summed E-state index contributed by atoms with van der Waals surface area (Å²) in [6, 6.07) is 0. The second-order valence-corrected chi connectivity index (χ2v) is 2.56. The van der Waals surface area contributed by atoms with Crippen LogP contribution in [0.5, 0.6) is 0 Å². The lowest BCUT2D eigenvalue weighted by Gasteiger charge is -1.95. The van der Waals surface area contributed by atoms with E-state index in [1.165, 1.54) is 10.6 Å². The highest BCUT2D eigenvalue weighted by molar-refractivity contribution is 6.32. The standard InChI is InChI=1S/C6H4ClN5O/c7-4-5-10-11-6(9-3-13)12(5)2-1-8-4/h1-3H,(H,9,11,13). The van der Waals surface area contributed by atoms with E-state index >= 15 is 0 Å². The topological polar surface area (TPSA) is 72.2 Å². The zero-order valence-corrected chi connectivity index (χ0v) is 7.06. The number of nitrogens with zero attached hydrogens (tertiary/aromatic N) is 4. The van der Waals surface area contributed by atoms with Crippen LogP contribution in [0, 0.1) is 0 Å². The van der Waals surface area contributed by atoms with Gasteiger partial charge in [0.2, 0.25) is 12.4 Å². The van der Waals surface area contributed by atoms with Crippen molar-refractivity contribution in [3.05, 3.63) is 17.5 Å². The van der Waals surface area contributed by atoms with Gasteiger partial charge in [-0.2, -0.15) is 0 Å². The van der Waals surface area contributed by atoms with Gasteiger partial charge >= 0.3 is 0 Å². The van der Waals surface area contributed by atoms with E-state index in [1.54, 1.807) is 6.20 Å². The number of carbonyl (C=O) groups is 1. The van der Waals surface area contributed by atoms with Crippen molar-refractivity contribution in [3.8, 4) is 0 Å². The van der Waals surface area contributed by atoms with Gasteiger partial charge in [-0.05, 0) is 0 Å². The fourth-order valence-corrected chi connectivity index (χ4v) is 1.13. The largest absolute Gasteiger partial charge is 0.297 e. The van der Waals surface area contributed by atoms with Gasteiger partial charge in [-0.1, -0.05) is 11.6 Å². The molecule has 6 nitrogen and oxygen atoms in total. The molecule has 0 radical (unpaired) electrons. The van der Waals surface area contributed by atoms with Crippen LogP contribution in [0.2, 0.25) is 5.15 Å². The third-order valence-corrected chi connectivity index (χ3v) is 1.74. The Balaban J connectivity index is 2.67. The van der Waals surface area contributed by atoms with Crippen molar-refractivity contribution in [1.29, 1.82) is 0 Å². The molecule has 0 aliphatic rings. The van der Waals surface area contributed by atoms with E-state index < -0.39 is 0 Å². The van der Waals surface area contributed by atoms with Gasteiger partial charge in [0.05, 0.1) is 0 Å². The predicted molar refractivity (Wildman–Crippen MR) is 45.5 cm³/mol. The van der Waals surface area contributed by atoms with Gasteiger partial charge in [0.15, 0.2) is 10.8 Å². The minimum absolute atomic E-state index is 0.244. The molecule has 13 heavy (non-hydrogen) atoms. The highest BCUT2D eigenvalue weighted by Gasteiger charge is 2.06. The molecule has 0 aliphatic carbocycles. The van der Waals surface area contributed by atoms with E-state index in [-0.39, 0.29) is 5.15 Å². The highest BCUT2D eigenvalue weighted by Crippen LogP contribution is 2.13. The molecule has 0 spiro atoms. The highest BCUT2D eigenvalue weighted by atomic mass is 35.5. The third-order valence-electron chi connectivity index (χ3n) is 1.47. The number of halogens is 1. The molecular formula is C6H4ClN5O. The maximum Gasteiger partial charge on any atom is 0.235 e. The summed E-state index contributed by atoms with van der Waals surface area (Å²) in [5.41, 5.74) is 0.411. The van der Waals surface area contributed by atoms with Crippen LogP contribution in [0.3, 0.4) is 0 Å². The molecule has 1 amide bonds. The number of carbonyl (C=O) groups excluding carboxylic acids is 1. The van der Waals surface area contributed by atoms with E-state index in [1.807, 2.05) is 0 Å². The van der Waals surface area contributed by atoms with Crippen molar-refractivity contribution in [2.75, 3.05) is 5.32 Å². The van der Waals surface area contributed by atoms with Crippen molar-refractivity contribution in [2.45, 2.75) is 0 Å². The lowest BCUT2D eigenvalue weighted by atomic mass is 10.7. The summed E-state index contributed by atoms with van der Waals surface area (Å²) in [4.78, 5) is 14.0. The third kappa shape index (κ3) is 1.20. The zero-order valence-electron chi connectivity index (χ0n) is 6.31. The molecule has 1 N–H and O–H groups in total. The second-order valence-electron chi connectivity index (χ2n) is 2.20. The van der Waals surface area contributed by atoms with Crippen LogP contribution in [0.25, 0.3) is 5.65 Å². The molecule has 0 fully saturated rings. The molecule has 2 heterocycles. The number of nitrogens with one attached hydrogen (secondary N) is 1. The van der Waals surface area contributed by atoms with Crippen molar-refractivity contribution in [3.63, 3.8) is 0 Å². The molecule has 0 atom stereocenters. The summed E-state index contributed by atoms with van der Waals surface area (Å²) in [7, 11) is 0. The first kappa shape index (κ1) is 7.93. The number of anilines is 1. The normalized spacial score (nSPS) is 10.2. The Labute approximate surface area is 77.6 Å². The van der Waals surface area contributed by atoms with Crippen LogP contribution in [0.1, 0.15) is 0 Å². The minimum Gasteiger partial charge on any atom is -0.297 e. The zero-order chi connectivity index (χ0) is 9.26. The summed E-state index contributed by atoms with van der Waals surface area (Å²) in [5.74, 6) is 0.314. The fourth-order valence-electron chi connectivity index (χ4n) is 0.948. The monoisotopic (exact) mass is 197 g/mol. The van der Waals surface area contributed by atoms with Gasteiger partial charge in [-0.15, -0.1) is 10.2 Å². The minimum atomic E-state index is 0.244. The predicted octanol–water partition coefficient (Wildman–Crippen LogP) is 0.346. The molecule has 0 bridgehead atoms. The Morgan fingerprint density at radius 3 is 3.15 bits per heavy atom. The van der Waals surface area contributed by atoms with Gasteiger partial charge in [-0.3, -0.25) is 14.5 Å². The lowest BCUT2D eigenvalue weighted by molar-refractivity contribution is -0.105. The summed E-state index contributed by atoms with van der Waals surface area (Å²) in [6.07, 6.45) is 3.62. The van der Waals surface area contributed by atoms with Gasteiger partial charge in [0.1, 0.15) is 0 Å². The molecule has 0 saturated carbocycles. The molecule has 0 saturated heterocycles. The summed E-state index contributed by atoms with van der Waals surface area (Å²) >= 11 is 5.72. The van der Waals surface area contributed by atoms with Gasteiger partial charge in [0, 0.05) is 12.4 Å². The number of amides is 1. The number of rotatable bonds is 2. The van der Waals surface area contributed by atoms with E-state index in [9.17, 15) is 4.79 Å². The molecule has 2 aromatic heterocycles. The maximum absolute atomic E-state index is 10.2. The van der Waals surface area contributed by atoms with Crippen molar-refractivity contribution >= 4 is 29.6 Å². The van der Waals surface area contributed by atoms with Crippen LogP contribution >= 0.6 is 11.6 Å². The summed E-state index contributed by atoms with van der Waals surface area (Å²) in [5, 5.41) is 10.1. The maximum atomic E-state index is 10.2. The molecule has 0 unspecified atom stereocenters. The smallest absolute Gasteiger partial charge is 0.235 e. The fraction of sp³-hybridized carbons (Fsp3) is 0. The van der Waals surface area contributed by atoms with Crippen molar-refractivity contribution in [1.82, 2.24) is 19.6 Å². The Morgan fingerprint density at radius 2 is 2.38 bits per heavy atom. The van der Waals surface area contributed by atoms with E-state index in [0.29, 0.717) is 18.0 Å². The van der Waals surface area contributed by atoms with Crippen molar-refractivity contribution < 1.29 is 4.79 Å². The Bertz CT molecular complexity index is 453. The molecule has 2 aromatic rings. The first-order valence-electron chi connectivity index (χ1n) is 3.38. The molecule has 0 aliphatic heterocycles. The quantitative estimate of drug-likeness (QED) is 0.705. The molecule has 66 valence electrons. The number of hydrogen-bond donors (Lipinski definition) is 1. The van der Waals surface area contributed by atoms with Crippen LogP contribution in [-0.4, -0.2) is 26.0 Å². The Kier molecular flexibility index (Phi) is 1.82. The van der Waals surface area contributed by atoms with Crippen LogP contribution in [-0.2, 0) is 4.79 Å². The number of aromatic nitrogens is 4. The van der Waals surface area contributed by atoms with Gasteiger partial charge in [0.25, 0.3) is 0 Å². The first-order chi connectivity index (χ1) is 6.33. The van der Waals surface area contributed by atoms with E-state index in [0.717, 1.165) is 0 Å². The molecule has 0 aromatic carbocycles. The first-order valence-corrected chi connectivity index (χ1v) is 3.76. The summed E-state index contributed by atoms with van der Waals surface area (Å²) in [6.45, 7) is 0.